The summed E-state index contributed by atoms with van der Waals surface area (Å²) in [5.41, 5.74) is 5.63. The van der Waals surface area contributed by atoms with Crippen molar-refractivity contribution in [3.8, 4) is 0 Å². The Bertz CT molecular complexity index is 261. The first kappa shape index (κ1) is 9.77. The second kappa shape index (κ2) is 4.07. The van der Waals surface area contributed by atoms with E-state index >= 15 is 0 Å². The fraction of sp³-hybridized carbons (Fsp3) is 0.556. The molecule has 1 aromatic rings. The van der Waals surface area contributed by atoms with Gasteiger partial charge in [0.15, 0.2) is 0 Å². The number of nitrogens with zero attached hydrogens (tertiary/aromatic N) is 3. The van der Waals surface area contributed by atoms with Crippen LogP contribution in [-0.2, 0) is 0 Å². The molecule has 1 rings (SSSR count). The van der Waals surface area contributed by atoms with E-state index in [9.17, 15) is 0 Å². The molecule has 0 fully saturated rings. The van der Waals surface area contributed by atoms with Crippen molar-refractivity contribution in [2.45, 2.75) is 20.8 Å². The highest BCUT2D eigenvalue weighted by Crippen LogP contribution is 2.12. The third-order valence-electron chi connectivity index (χ3n) is 1.93. The standard InChI is InChI=1S/C9H16N4/c1-4-13(5-2)9-6-8(10)11-7(3)12-9/h6H,4-5H2,1-3H3,(H2,10,11,12). The number of aromatic nitrogens is 2. The normalized spacial score (nSPS) is 10.1. The maximum Gasteiger partial charge on any atom is 0.134 e. The number of aryl methyl sites for hydroxylation is 1. The minimum absolute atomic E-state index is 0.536. The predicted octanol–water partition coefficient (Wildman–Crippen LogP) is 1.21. The zero-order chi connectivity index (χ0) is 9.84. The molecule has 4 heteroatoms. The Morgan fingerprint density at radius 2 is 1.92 bits per heavy atom. The van der Waals surface area contributed by atoms with Crippen LogP contribution in [-0.4, -0.2) is 23.1 Å². The van der Waals surface area contributed by atoms with Crippen molar-refractivity contribution in [3.05, 3.63) is 11.9 Å². The van der Waals surface area contributed by atoms with Gasteiger partial charge in [-0.3, -0.25) is 0 Å². The molecular formula is C9H16N4. The lowest BCUT2D eigenvalue weighted by Crippen LogP contribution is -2.23. The summed E-state index contributed by atoms with van der Waals surface area (Å²) in [5.74, 6) is 2.17. The van der Waals surface area contributed by atoms with Crippen LogP contribution in [0.1, 0.15) is 19.7 Å². The summed E-state index contributed by atoms with van der Waals surface area (Å²) in [6, 6.07) is 1.81. The number of anilines is 2. The molecule has 4 nitrogen and oxygen atoms in total. The van der Waals surface area contributed by atoms with Crippen LogP contribution >= 0.6 is 0 Å². The van der Waals surface area contributed by atoms with E-state index in [-0.39, 0.29) is 0 Å². The molecule has 1 aromatic heterocycles. The van der Waals surface area contributed by atoms with E-state index < -0.39 is 0 Å². The van der Waals surface area contributed by atoms with Gasteiger partial charge in [-0.15, -0.1) is 0 Å². The lowest BCUT2D eigenvalue weighted by Gasteiger charge is -2.19. The van der Waals surface area contributed by atoms with E-state index in [0.29, 0.717) is 5.82 Å². The number of nitrogens with two attached hydrogens (primary N) is 1. The van der Waals surface area contributed by atoms with Gasteiger partial charge >= 0.3 is 0 Å². The van der Waals surface area contributed by atoms with E-state index in [1.807, 2.05) is 6.92 Å². The van der Waals surface area contributed by atoms with E-state index in [4.69, 9.17) is 5.73 Å². The topological polar surface area (TPSA) is 55.0 Å². The Hall–Kier alpha value is -1.32. The molecule has 0 radical (unpaired) electrons. The number of nitrogen functional groups attached to an aromatic ring is 1. The summed E-state index contributed by atoms with van der Waals surface area (Å²) >= 11 is 0. The van der Waals surface area contributed by atoms with Crippen molar-refractivity contribution < 1.29 is 0 Å². The van der Waals surface area contributed by atoms with Crippen LogP contribution in [0.2, 0.25) is 0 Å². The molecule has 1 heterocycles. The van der Waals surface area contributed by atoms with Crippen LogP contribution < -0.4 is 10.6 Å². The van der Waals surface area contributed by atoms with Crippen LogP contribution in [0.25, 0.3) is 0 Å². The molecule has 0 aliphatic carbocycles. The highest BCUT2D eigenvalue weighted by molar-refractivity contribution is 5.46. The number of rotatable bonds is 3. The number of hydrogen-bond acceptors (Lipinski definition) is 4. The van der Waals surface area contributed by atoms with Gasteiger partial charge in [0.25, 0.3) is 0 Å². The Morgan fingerprint density at radius 3 is 2.38 bits per heavy atom. The lowest BCUT2D eigenvalue weighted by atomic mass is 10.4. The monoisotopic (exact) mass is 180 g/mol. The highest BCUT2D eigenvalue weighted by atomic mass is 15.2. The summed E-state index contributed by atoms with van der Waals surface area (Å²) in [6.07, 6.45) is 0. The van der Waals surface area contributed by atoms with E-state index in [1.165, 1.54) is 0 Å². The maximum absolute atomic E-state index is 5.63. The smallest absolute Gasteiger partial charge is 0.134 e. The number of hydrogen-bond donors (Lipinski definition) is 1. The molecule has 0 aromatic carbocycles. The Morgan fingerprint density at radius 1 is 1.31 bits per heavy atom. The van der Waals surface area contributed by atoms with Gasteiger partial charge < -0.3 is 10.6 Å². The maximum atomic E-state index is 5.63. The van der Waals surface area contributed by atoms with Crippen LogP contribution in [0.5, 0.6) is 0 Å². The summed E-state index contributed by atoms with van der Waals surface area (Å²) in [5, 5.41) is 0. The first-order chi connectivity index (χ1) is 6.17. The van der Waals surface area contributed by atoms with Gasteiger partial charge in [-0.2, -0.15) is 0 Å². The van der Waals surface area contributed by atoms with Gasteiger partial charge in [-0.25, -0.2) is 9.97 Å². The molecule has 2 N–H and O–H groups in total. The molecule has 0 aliphatic rings. The van der Waals surface area contributed by atoms with Crippen molar-refractivity contribution in [1.82, 2.24) is 9.97 Å². The van der Waals surface area contributed by atoms with Crippen LogP contribution in [0.15, 0.2) is 6.07 Å². The Balaban J connectivity index is 2.99. The predicted molar refractivity (Wildman–Crippen MR) is 54.7 cm³/mol. The molecule has 0 atom stereocenters. The molecule has 0 spiro atoms. The molecule has 0 aliphatic heterocycles. The second-order valence-corrected chi connectivity index (χ2v) is 2.87. The van der Waals surface area contributed by atoms with Crippen molar-refractivity contribution in [3.63, 3.8) is 0 Å². The van der Waals surface area contributed by atoms with Gasteiger partial charge in [0, 0.05) is 19.2 Å². The Kier molecular flexibility index (Phi) is 3.06. The Labute approximate surface area is 78.8 Å². The SMILES string of the molecule is CCN(CC)c1cc(N)nc(C)n1. The van der Waals surface area contributed by atoms with E-state index in [0.717, 1.165) is 24.7 Å². The third-order valence-corrected chi connectivity index (χ3v) is 1.93. The molecule has 0 saturated heterocycles. The van der Waals surface area contributed by atoms with Gasteiger partial charge in [-0.05, 0) is 20.8 Å². The first-order valence-corrected chi connectivity index (χ1v) is 4.53. The van der Waals surface area contributed by atoms with Gasteiger partial charge in [0.05, 0.1) is 0 Å². The summed E-state index contributed by atoms with van der Waals surface area (Å²) in [7, 11) is 0. The van der Waals surface area contributed by atoms with Crippen molar-refractivity contribution in [1.29, 1.82) is 0 Å². The largest absolute Gasteiger partial charge is 0.384 e. The summed E-state index contributed by atoms with van der Waals surface area (Å²) in [6.45, 7) is 7.91. The van der Waals surface area contributed by atoms with Crippen LogP contribution in [0.3, 0.4) is 0 Å². The molecule has 0 unspecified atom stereocenters. The summed E-state index contributed by atoms with van der Waals surface area (Å²) in [4.78, 5) is 10.5. The van der Waals surface area contributed by atoms with Crippen LogP contribution in [0.4, 0.5) is 11.6 Å². The zero-order valence-electron chi connectivity index (χ0n) is 8.41. The molecule has 13 heavy (non-hydrogen) atoms. The van der Waals surface area contributed by atoms with Crippen LogP contribution in [0, 0.1) is 6.92 Å². The minimum Gasteiger partial charge on any atom is -0.384 e. The zero-order valence-corrected chi connectivity index (χ0v) is 8.41. The molecular weight excluding hydrogens is 164 g/mol. The third kappa shape index (κ3) is 2.31. The second-order valence-electron chi connectivity index (χ2n) is 2.87. The first-order valence-electron chi connectivity index (χ1n) is 4.53. The van der Waals surface area contributed by atoms with Gasteiger partial charge in [-0.1, -0.05) is 0 Å². The van der Waals surface area contributed by atoms with E-state index in [2.05, 4.69) is 28.7 Å². The van der Waals surface area contributed by atoms with Gasteiger partial charge in [0.2, 0.25) is 0 Å². The quantitative estimate of drug-likeness (QED) is 0.759. The fourth-order valence-corrected chi connectivity index (χ4v) is 1.28. The summed E-state index contributed by atoms with van der Waals surface area (Å²) < 4.78 is 0. The minimum atomic E-state index is 0.536. The lowest BCUT2D eigenvalue weighted by molar-refractivity contribution is 0.835. The van der Waals surface area contributed by atoms with Crippen molar-refractivity contribution in [2.75, 3.05) is 23.7 Å². The molecule has 0 amide bonds. The molecule has 0 bridgehead atoms. The van der Waals surface area contributed by atoms with Crippen molar-refractivity contribution in [2.24, 2.45) is 0 Å². The van der Waals surface area contributed by atoms with Gasteiger partial charge in [0.1, 0.15) is 17.5 Å². The molecule has 72 valence electrons. The average molecular weight is 180 g/mol. The highest BCUT2D eigenvalue weighted by Gasteiger charge is 2.04. The fourth-order valence-electron chi connectivity index (χ4n) is 1.28. The van der Waals surface area contributed by atoms with Crippen molar-refractivity contribution >= 4 is 11.6 Å². The van der Waals surface area contributed by atoms with E-state index in [1.54, 1.807) is 6.07 Å². The average Bonchev–Trinajstić information content (AvgIpc) is 2.04. The molecule has 0 saturated carbocycles.